The lowest BCUT2D eigenvalue weighted by Gasteiger charge is -2.08. The Morgan fingerprint density at radius 2 is 2.12 bits per heavy atom. The van der Waals surface area contributed by atoms with Crippen LogP contribution in [0.2, 0.25) is 0 Å². The van der Waals surface area contributed by atoms with E-state index in [1.54, 1.807) is 7.11 Å². The van der Waals surface area contributed by atoms with Crippen LogP contribution in [0.1, 0.15) is 19.8 Å². The van der Waals surface area contributed by atoms with Gasteiger partial charge in [-0.25, -0.2) is 5.84 Å². The molecule has 0 spiro atoms. The van der Waals surface area contributed by atoms with Crippen LogP contribution in [0, 0.1) is 0 Å². The molecule has 0 aromatic heterocycles. The van der Waals surface area contributed by atoms with Crippen molar-refractivity contribution in [3.8, 4) is 0 Å². The fourth-order valence-corrected chi connectivity index (χ4v) is 1.08. The highest BCUT2D eigenvalue weighted by Crippen LogP contribution is 1.83. The van der Waals surface area contributed by atoms with Crippen molar-refractivity contribution >= 4 is 5.96 Å². The van der Waals surface area contributed by atoms with Gasteiger partial charge in [-0.1, -0.05) is 0 Å². The van der Waals surface area contributed by atoms with Gasteiger partial charge >= 0.3 is 0 Å². The first-order chi connectivity index (χ1) is 7.85. The lowest BCUT2D eigenvalue weighted by molar-refractivity contribution is 0.145. The number of rotatable bonds is 9. The molecule has 16 heavy (non-hydrogen) atoms. The highest BCUT2D eigenvalue weighted by Gasteiger charge is 1.94. The summed E-state index contributed by atoms with van der Waals surface area (Å²) in [6.07, 6.45) is 1.83. The Kier molecular flexibility index (Phi) is 11.6. The molecular weight excluding hydrogens is 208 g/mol. The predicted octanol–water partition coefficient (Wildman–Crippen LogP) is -0.142. The van der Waals surface area contributed by atoms with E-state index in [2.05, 4.69) is 15.7 Å². The minimum absolute atomic E-state index is 0.618. The lowest BCUT2D eigenvalue weighted by Crippen LogP contribution is -2.42. The average molecular weight is 232 g/mol. The fraction of sp³-hybridized carbons (Fsp3) is 0.900. The van der Waals surface area contributed by atoms with Gasteiger partial charge in [-0.3, -0.25) is 10.4 Å². The van der Waals surface area contributed by atoms with Crippen molar-refractivity contribution in [1.82, 2.24) is 10.7 Å². The molecule has 0 heterocycles. The maximum atomic E-state index is 5.32. The van der Waals surface area contributed by atoms with Gasteiger partial charge in [-0.15, -0.1) is 0 Å². The van der Waals surface area contributed by atoms with Crippen molar-refractivity contribution in [2.24, 2.45) is 10.8 Å². The molecule has 0 aliphatic rings. The number of guanidine groups is 1. The molecule has 0 rings (SSSR count). The third-order valence-corrected chi connectivity index (χ3v) is 1.88. The summed E-state index contributed by atoms with van der Waals surface area (Å²) in [5.74, 6) is 5.94. The van der Waals surface area contributed by atoms with E-state index in [1.807, 2.05) is 6.92 Å². The van der Waals surface area contributed by atoms with Crippen LogP contribution in [0.4, 0.5) is 0 Å². The van der Waals surface area contributed by atoms with Crippen LogP contribution in [0.15, 0.2) is 4.99 Å². The largest absolute Gasteiger partial charge is 0.385 e. The third-order valence-electron chi connectivity index (χ3n) is 1.88. The number of nitrogens with zero attached hydrogens (tertiary/aromatic N) is 1. The number of nitrogens with two attached hydrogens (primary N) is 1. The number of nitrogens with one attached hydrogen (secondary N) is 2. The first-order valence-electron chi connectivity index (χ1n) is 5.66. The van der Waals surface area contributed by atoms with Gasteiger partial charge in [0.1, 0.15) is 0 Å². The standard InChI is InChI=1S/C10H24N4O2/c1-3-16-9-5-7-13-10(14-11)12-6-4-8-15-2/h3-9,11H2,1-2H3,(H2,12,13,14). The number of ether oxygens (including phenoxy) is 2. The maximum absolute atomic E-state index is 5.32. The zero-order chi connectivity index (χ0) is 12.1. The molecule has 0 saturated heterocycles. The number of methoxy groups -OCH3 is 1. The molecule has 0 unspecified atom stereocenters. The van der Waals surface area contributed by atoms with E-state index < -0.39 is 0 Å². The van der Waals surface area contributed by atoms with Gasteiger partial charge in [0.2, 0.25) is 5.96 Å². The number of hydrazine groups is 1. The zero-order valence-corrected chi connectivity index (χ0v) is 10.3. The van der Waals surface area contributed by atoms with Crippen molar-refractivity contribution in [2.45, 2.75) is 19.8 Å². The van der Waals surface area contributed by atoms with Crippen molar-refractivity contribution in [2.75, 3.05) is 40.0 Å². The van der Waals surface area contributed by atoms with Gasteiger partial charge in [0.05, 0.1) is 0 Å². The molecule has 96 valence electrons. The van der Waals surface area contributed by atoms with E-state index in [9.17, 15) is 0 Å². The summed E-state index contributed by atoms with van der Waals surface area (Å²) in [5.41, 5.74) is 2.53. The van der Waals surface area contributed by atoms with Gasteiger partial charge in [0, 0.05) is 40.0 Å². The molecule has 0 amide bonds. The quantitative estimate of drug-likeness (QED) is 0.169. The zero-order valence-electron chi connectivity index (χ0n) is 10.3. The maximum Gasteiger partial charge on any atom is 0.205 e. The van der Waals surface area contributed by atoms with Crippen LogP contribution in [0.5, 0.6) is 0 Å². The van der Waals surface area contributed by atoms with Crippen molar-refractivity contribution in [1.29, 1.82) is 0 Å². The fourth-order valence-electron chi connectivity index (χ4n) is 1.08. The Balaban J connectivity index is 3.49. The van der Waals surface area contributed by atoms with Crippen LogP contribution < -0.4 is 16.6 Å². The van der Waals surface area contributed by atoms with Crippen LogP contribution in [0.3, 0.4) is 0 Å². The number of hydrogen-bond donors (Lipinski definition) is 3. The van der Waals surface area contributed by atoms with E-state index in [0.717, 1.165) is 32.6 Å². The second-order valence-corrected chi connectivity index (χ2v) is 3.20. The molecule has 0 aromatic carbocycles. The summed E-state index contributed by atoms with van der Waals surface area (Å²) < 4.78 is 10.1. The summed E-state index contributed by atoms with van der Waals surface area (Å²) in [6.45, 7) is 5.71. The first-order valence-corrected chi connectivity index (χ1v) is 5.66. The highest BCUT2D eigenvalue weighted by atomic mass is 16.5. The van der Waals surface area contributed by atoms with E-state index in [1.165, 1.54) is 0 Å². The predicted molar refractivity (Wildman–Crippen MR) is 65.2 cm³/mol. The monoisotopic (exact) mass is 232 g/mol. The van der Waals surface area contributed by atoms with Gasteiger partial charge in [-0.05, 0) is 19.8 Å². The van der Waals surface area contributed by atoms with Crippen LogP contribution in [-0.2, 0) is 9.47 Å². The van der Waals surface area contributed by atoms with E-state index in [4.69, 9.17) is 15.3 Å². The van der Waals surface area contributed by atoms with Crippen LogP contribution in [-0.4, -0.2) is 46.0 Å². The number of hydrogen-bond acceptors (Lipinski definition) is 4. The summed E-state index contributed by atoms with van der Waals surface area (Å²) in [7, 11) is 1.68. The molecular formula is C10H24N4O2. The molecule has 0 aromatic rings. The molecule has 0 radical (unpaired) electrons. The molecule has 6 heteroatoms. The van der Waals surface area contributed by atoms with Gasteiger partial charge < -0.3 is 14.8 Å². The summed E-state index contributed by atoms with van der Waals surface area (Å²) in [6, 6.07) is 0. The third kappa shape index (κ3) is 9.70. The topological polar surface area (TPSA) is 80.9 Å². The minimum Gasteiger partial charge on any atom is -0.385 e. The Morgan fingerprint density at radius 3 is 2.75 bits per heavy atom. The average Bonchev–Trinajstić information content (AvgIpc) is 2.31. The van der Waals surface area contributed by atoms with Crippen molar-refractivity contribution in [3.63, 3.8) is 0 Å². The Bertz CT molecular complexity index is 176. The minimum atomic E-state index is 0.618. The molecule has 0 fully saturated rings. The Morgan fingerprint density at radius 1 is 1.31 bits per heavy atom. The molecule has 4 N–H and O–H groups in total. The van der Waals surface area contributed by atoms with Crippen LogP contribution in [0.25, 0.3) is 0 Å². The molecule has 0 aliphatic carbocycles. The Hall–Kier alpha value is -0.850. The molecule has 0 atom stereocenters. The van der Waals surface area contributed by atoms with Crippen molar-refractivity contribution in [3.05, 3.63) is 0 Å². The van der Waals surface area contributed by atoms with Crippen molar-refractivity contribution < 1.29 is 9.47 Å². The number of aliphatic imine (C=N–C) groups is 1. The molecule has 0 aliphatic heterocycles. The summed E-state index contributed by atoms with van der Waals surface area (Å²) >= 11 is 0. The molecule has 0 saturated carbocycles. The summed E-state index contributed by atoms with van der Waals surface area (Å²) in [4.78, 5) is 4.25. The molecule has 0 bridgehead atoms. The second kappa shape index (κ2) is 12.2. The van der Waals surface area contributed by atoms with Gasteiger partial charge in [-0.2, -0.15) is 0 Å². The van der Waals surface area contributed by atoms with Gasteiger partial charge in [0.15, 0.2) is 0 Å². The van der Waals surface area contributed by atoms with E-state index in [-0.39, 0.29) is 0 Å². The first kappa shape index (κ1) is 15.2. The van der Waals surface area contributed by atoms with Gasteiger partial charge in [0.25, 0.3) is 0 Å². The highest BCUT2D eigenvalue weighted by molar-refractivity contribution is 5.79. The SMILES string of the molecule is CCOCCCNC(=NCCCOC)NN. The second-order valence-electron chi connectivity index (χ2n) is 3.20. The van der Waals surface area contributed by atoms with E-state index in [0.29, 0.717) is 19.1 Å². The lowest BCUT2D eigenvalue weighted by atomic mass is 10.4. The normalized spacial score (nSPS) is 11.6. The van der Waals surface area contributed by atoms with E-state index >= 15 is 0 Å². The van der Waals surface area contributed by atoms with Crippen LogP contribution >= 0.6 is 0 Å². The Labute approximate surface area is 97.6 Å². The summed E-state index contributed by atoms with van der Waals surface area (Å²) in [5, 5.41) is 3.10. The smallest absolute Gasteiger partial charge is 0.205 e. The molecule has 6 nitrogen and oxygen atoms in total.